The fourth-order valence-electron chi connectivity index (χ4n) is 4.74. The van der Waals surface area contributed by atoms with Crippen LogP contribution in [0.4, 0.5) is 16.2 Å². The zero-order chi connectivity index (χ0) is 23.8. The first kappa shape index (κ1) is 23.3. The fraction of sp³-hybridized carbons (Fsp3) is 0.440. The highest BCUT2D eigenvalue weighted by molar-refractivity contribution is 7.90. The number of carbonyl (C=O) groups excluding carboxylic acids is 2. The molecule has 7 nitrogen and oxygen atoms in total. The number of carbonyl (C=O) groups is 2. The van der Waals surface area contributed by atoms with E-state index in [1.54, 1.807) is 34.1 Å². The van der Waals surface area contributed by atoms with Gasteiger partial charge in [0.15, 0.2) is 9.84 Å². The molecule has 1 unspecified atom stereocenters. The summed E-state index contributed by atoms with van der Waals surface area (Å²) in [5.74, 6) is -0.0886. The number of fused-ring (bicyclic) bond motifs is 1. The Kier molecular flexibility index (Phi) is 6.47. The molecule has 1 aliphatic heterocycles. The third-order valence-corrected chi connectivity index (χ3v) is 7.54. The molecule has 2 aromatic carbocycles. The van der Waals surface area contributed by atoms with Gasteiger partial charge < -0.3 is 9.64 Å². The van der Waals surface area contributed by atoms with Gasteiger partial charge in [-0.2, -0.15) is 0 Å². The summed E-state index contributed by atoms with van der Waals surface area (Å²) in [7, 11) is -3.29. The molecule has 4 rings (SSSR count). The lowest BCUT2D eigenvalue weighted by Crippen LogP contribution is -2.52. The van der Waals surface area contributed by atoms with E-state index < -0.39 is 9.84 Å². The first-order valence-electron chi connectivity index (χ1n) is 11.4. The van der Waals surface area contributed by atoms with Gasteiger partial charge in [-0.15, -0.1) is 0 Å². The van der Waals surface area contributed by atoms with Crippen molar-refractivity contribution in [2.24, 2.45) is 0 Å². The van der Waals surface area contributed by atoms with Gasteiger partial charge in [0.2, 0.25) is 5.91 Å². The molecule has 33 heavy (non-hydrogen) atoms. The number of benzene rings is 2. The second-order valence-electron chi connectivity index (χ2n) is 8.99. The Balaban J connectivity index is 1.70. The van der Waals surface area contributed by atoms with Gasteiger partial charge in [0.05, 0.1) is 22.3 Å². The molecule has 1 fully saturated rings. The highest BCUT2D eigenvalue weighted by Crippen LogP contribution is 2.39. The first-order chi connectivity index (χ1) is 15.6. The van der Waals surface area contributed by atoms with E-state index in [1.807, 2.05) is 25.1 Å². The molecule has 2 amide bonds. The van der Waals surface area contributed by atoms with E-state index in [2.05, 4.69) is 0 Å². The molecule has 0 aromatic heterocycles. The van der Waals surface area contributed by atoms with Crippen molar-refractivity contribution in [3.63, 3.8) is 0 Å². The van der Waals surface area contributed by atoms with Gasteiger partial charge in [-0.05, 0) is 68.0 Å². The van der Waals surface area contributed by atoms with Crippen LogP contribution in [0, 0.1) is 0 Å². The molecule has 0 bridgehead atoms. The molecular formula is C25H30N2O5S. The summed E-state index contributed by atoms with van der Waals surface area (Å²) >= 11 is 0. The summed E-state index contributed by atoms with van der Waals surface area (Å²) < 4.78 is 29.4. The normalized spacial score (nSPS) is 19.2. The SMILES string of the molecule is CC(=O)N1c2ccc(-c3ccc(S(C)(=O)=O)cc3)cc2N(C(=O)OC2CCCCC2)CC1C. The van der Waals surface area contributed by atoms with Crippen molar-refractivity contribution >= 4 is 33.2 Å². The van der Waals surface area contributed by atoms with Crippen molar-refractivity contribution in [3.05, 3.63) is 42.5 Å². The minimum Gasteiger partial charge on any atom is -0.446 e. The molecule has 176 valence electrons. The minimum absolute atomic E-state index is 0.0671. The third-order valence-electron chi connectivity index (χ3n) is 6.41. The quantitative estimate of drug-likeness (QED) is 0.644. The molecule has 2 aromatic rings. The van der Waals surface area contributed by atoms with Crippen molar-refractivity contribution in [1.82, 2.24) is 0 Å². The molecule has 2 aliphatic rings. The Hall–Kier alpha value is -2.87. The van der Waals surface area contributed by atoms with Crippen molar-refractivity contribution in [2.45, 2.75) is 63.0 Å². The van der Waals surface area contributed by atoms with Gasteiger partial charge in [-0.1, -0.05) is 24.6 Å². The van der Waals surface area contributed by atoms with Crippen LogP contribution >= 0.6 is 0 Å². The average Bonchev–Trinajstić information content (AvgIpc) is 2.78. The molecule has 0 spiro atoms. The molecule has 1 atom stereocenters. The van der Waals surface area contributed by atoms with Crippen LogP contribution < -0.4 is 9.80 Å². The van der Waals surface area contributed by atoms with Crippen LogP contribution in [-0.4, -0.2) is 45.4 Å². The van der Waals surface area contributed by atoms with Crippen LogP contribution in [-0.2, 0) is 19.4 Å². The van der Waals surface area contributed by atoms with Crippen LogP contribution in [0.15, 0.2) is 47.4 Å². The lowest BCUT2D eigenvalue weighted by Gasteiger charge is -2.41. The van der Waals surface area contributed by atoms with E-state index in [-0.39, 0.29) is 29.0 Å². The Labute approximate surface area is 195 Å². The van der Waals surface area contributed by atoms with E-state index >= 15 is 0 Å². The number of rotatable bonds is 3. The van der Waals surface area contributed by atoms with Crippen LogP contribution in [0.1, 0.15) is 46.0 Å². The number of hydrogen-bond acceptors (Lipinski definition) is 5. The van der Waals surface area contributed by atoms with Crippen molar-refractivity contribution in [1.29, 1.82) is 0 Å². The predicted octanol–water partition coefficient (Wildman–Crippen LogP) is 4.79. The Morgan fingerprint density at radius 3 is 2.18 bits per heavy atom. The average molecular weight is 471 g/mol. The highest BCUT2D eigenvalue weighted by Gasteiger charge is 2.35. The van der Waals surface area contributed by atoms with Crippen LogP contribution in [0.3, 0.4) is 0 Å². The van der Waals surface area contributed by atoms with Crippen LogP contribution in [0.2, 0.25) is 0 Å². The van der Waals surface area contributed by atoms with Crippen molar-refractivity contribution in [3.8, 4) is 11.1 Å². The fourth-order valence-corrected chi connectivity index (χ4v) is 5.37. The van der Waals surface area contributed by atoms with Crippen molar-refractivity contribution in [2.75, 3.05) is 22.6 Å². The molecule has 1 heterocycles. The Morgan fingerprint density at radius 2 is 1.58 bits per heavy atom. The molecular weight excluding hydrogens is 440 g/mol. The van der Waals surface area contributed by atoms with Gasteiger partial charge in [-0.25, -0.2) is 13.2 Å². The lowest BCUT2D eigenvalue weighted by molar-refractivity contribution is -0.117. The first-order valence-corrected chi connectivity index (χ1v) is 13.3. The molecule has 0 N–H and O–H groups in total. The van der Waals surface area contributed by atoms with E-state index in [0.29, 0.717) is 17.9 Å². The Morgan fingerprint density at radius 1 is 0.939 bits per heavy atom. The summed E-state index contributed by atoms with van der Waals surface area (Å²) in [5.41, 5.74) is 2.92. The smallest absolute Gasteiger partial charge is 0.414 e. The van der Waals surface area contributed by atoms with Crippen molar-refractivity contribution < 1.29 is 22.7 Å². The van der Waals surface area contributed by atoms with Gasteiger partial charge in [-0.3, -0.25) is 9.69 Å². The summed E-state index contributed by atoms with van der Waals surface area (Å²) in [6, 6.07) is 12.0. The summed E-state index contributed by atoms with van der Waals surface area (Å²) in [6.45, 7) is 3.78. The maximum absolute atomic E-state index is 13.2. The van der Waals surface area contributed by atoms with Gasteiger partial charge >= 0.3 is 6.09 Å². The standard InChI is InChI=1S/C25H30N2O5S/c1-17-16-26(25(29)32-21-7-5-4-6-8-21)24-15-20(11-14-23(24)27(17)18(2)28)19-9-12-22(13-10-19)33(3,30)31/h9-15,17,21H,4-8,16H2,1-3H3. The second-order valence-corrected chi connectivity index (χ2v) is 11.0. The maximum atomic E-state index is 13.2. The summed E-state index contributed by atoms with van der Waals surface area (Å²) in [6.07, 6.45) is 5.79. The van der Waals surface area contributed by atoms with E-state index in [0.717, 1.165) is 36.8 Å². The topological polar surface area (TPSA) is 84.0 Å². The van der Waals surface area contributed by atoms with Gasteiger partial charge in [0.1, 0.15) is 6.10 Å². The zero-order valence-corrected chi connectivity index (χ0v) is 20.1. The Bertz CT molecular complexity index is 1150. The van der Waals surface area contributed by atoms with E-state index in [9.17, 15) is 18.0 Å². The lowest BCUT2D eigenvalue weighted by atomic mass is 9.98. The number of sulfone groups is 1. The number of anilines is 2. The van der Waals surface area contributed by atoms with Crippen LogP contribution in [0.25, 0.3) is 11.1 Å². The van der Waals surface area contributed by atoms with Crippen LogP contribution in [0.5, 0.6) is 0 Å². The molecule has 0 radical (unpaired) electrons. The monoisotopic (exact) mass is 470 g/mol. The summed E-state index contributed by atoms with van der Waals surface area (Å²) in [5, 5.41) is 0. The minimum atomic E-state index is -3.29. The molecule has 8 heteroatoms. The van der Waals surface area contributed by atoms with E-state index in [4.69, 9.17) is 4.74 Å². The molecule has 1 aliphatic carbocycles. The largest absolute Gasteiger partial charge is 0.446 e. The molecule has 0 saturated heterocycles. The van der Waals surface area contributed by atoms with Gasteiger partial charge in [0.25, 0.3) is 0 Å². The highest BCUT2D eigenvalue weighted by atomic mass is 32.2. The van der Waals surface area contributed by atoms with Gasteiger partial charge in [0, 0.05) is 19.7 Å². The third kappa shape index (κ3) is 4.90. The second kappa shape index (κ2) is 9.17. The number of ether oxygens (including phenoxy) is 1. The number of hydrogen-bond donors (Lipinski definition) is 0. The zero-order valence-electron chi connectivity index (χ0n) is 19.3. The van der Waals surface area contributed by atoms with E-state index in [1.165, 1.54) is 19.6 Å². The molecule has 1 saturated carbocycles. The number of amides is 2. The predicted molar refractivity (Wildman–Crippen MR) is 128 cm³/mol. The summed E-state index contributed by atoms with van der Waals surface area (Å²) in [4.78, 5) is 29.2. The number of nitrogens with zero attached hydrogens (tertiary/aromatic N) is 2. The maximum Gasteiger partial charge on any atom is 0.414 e.